The fourth-order valence-electron chi connectivity index (χ4n) is 2.49. The summed E-state index contributed by atoms with van der Waals surface area (Å²) in [5.74, 6) is 0.708. The average Bonchev–Trinajstić information content (AvgIpc) is 2.49. The van der Waals surface area contributed by atoms with E-state index in [9.17, 15) is 4.79 Å². The van der Waals surface area contributed by atoms with E-state index in [4.69, 9.17) is 11.6 Å². The van der Waals surface area contributed by atoms with E-state index in [1.807, 2.05) is 32.9 Å². The maximum atomic E-state index is 12.3. The summed E-state index contributed by atoms with van der Waals surface area (Å²) in [5, 5.41) is 6.64. The van der Waals surface area contributed by atoms with Gasteiger partial charge in [0.15, 0.2) is 0 Å². The zero-order chi connectivity index (χ0) is 18.6. The predicted octanol–water partition coefficient (Wildman–Crippen LogP) is 4.57. The minimum absolute atomic E-state index is 0.194. The van der Waals surface area contributed by atoms with Crippen LogP contribution in [0.3, 0.4) is 0 Å². The number of hydrogen-bond acceptors (Lipinski definition) is 4. The Morgan fingerprint density at radius 2 is 1.88 bits per heavy atom. The summed E-state index contributed by atoms with van der Waals surface area (Å²) in [6.07, 6.45) is 0.930. The fourth-order valence-corrected chi connectivity index (χ4v) is 2.86. The summed E-state index contributed by atoms with van der Waals surface area (Å²) in [7, 11) is 0. The molecule has 0 spiro atoms. The number of anilines is 2. The van der Waals surface area contributed by atoms with E-state index >= 15 is 0 Å². The maximum absolute atomic E-state index is 12.3. The molecule has 1 amide bonds. The molecule has 2 N–H and O–H groups in total. The summed E-state index contributed by atoms with van der Waals surface area (Å²) >= 11 is 6.33. The van der Waals surface area contributed by atoms with Crippen molar-refractivity contribution in [3.05, 3.63) is 45.7 Å². The topological polar surface area (TPSA) is 66.9 Å². The van der Waals surface area contributed by atoms with Gasteiger partial charge in [-0.15, -0.1) is 0 Å². The Morgan fingerprint density at radius 1 is 1.16 bits per heavy atom. The van der Waals surface area contributed by atoms with Crippen LogP contribution in [-0.2, 0) is 0 Å². The highest BCUT2D eigenvalue weighted by Crippen LogP contribution is 2.29. The molecule has 0 aliphatic heterocycles. The molecule has 2 rings (SSSR count). The lowest BCUT2D eigenvalue weighted by molar-refractivity contribution is 0.0947. The molecular weight excluding hydrogens is 336 g/mol. The lowest BCUT2D eigenvalue weighted by Crippen LogP contribution is -2.26. The maximum Gasteiger partial charge on any atom is 0.270 e. The van der Waals surface area contributed by atoms with Crippen LogP contribution >= 0.6 is 11.6 Å². The van der Waals surface area contributed by atoms with Gasteiger partial charge in [-0.25, -0.2) is 9.97 Å². The van der Waals surface area contributed by atoms with Gasteiger partial charge in [0, 0.05) is 12.2 Å². The van der Waals surface area contributed by atoms with Crippen molar-refractivity contribution >= 4 is 29.1 Å². The van der Waals surface area contributed by atoms with Gasteiger partial charge in [0.1, 0.15) is 5.69 Å². The van der Waals surface area contributed by atoms with Crippen molar-refractivity contribution in [3.8, 4) is 0 Å². The number of aryl methyl sites for hydroxylation is 3. The summed E-state index contributed by atoms with van der Waals surface area (Å²) < 4.78 is 0. The quantitative estimate of drug-likeness (QED) is 0.791. The van der Waals surface area contributed by atoms with Crippen LogP contribution in [0.1, 0.15) is 47.6 Å². The van der Waals surface area contributed by atoms with Gasteiger partial charge >= 0.3 is 0 Å². The second-order valence-electron chi connectivity index (χ2n) is 6.72. The summed E-state index contributed by atoms with van der Waals surface area (Å²) in [6.45, 7) is 10.7. The van der Waals surface area contributed by atoms with Crippen LogP contribution in [0.2, 0.25) is 5.02 Å². The third-order valence-corrected chi connectivity index (χ3v) is 4.06. The Morgan fingerprint density at radius 3 is 2.52 bits per heavy atom. The van der Waals surface area contributed by atoms with Crippen LogP contribution in [0, 0.1) is 26.7 Å². The lowest BCUT2D eigenvalue weighted by Gasteiger charge is -2.13. The van der Waals surface area contributed by atoms with E-state index in [1.165, 1.54) is 0 Å². The van der Waals surface area contributed by atoms with E-state index in [0.29, 0.717) is 34.8 Å². The van der Waals surface area contributed by atoms with Gasteiger partial charge < -0.3 is 10.6 Å². The molecule has 134 valence electrons. The molecule has 0 unspecified atom stereocenters. The first-order valence-electron chi connectivity index (χ1n) is 8.44. The monoisotopic (exact) mass is 360 g/mol. The van der Waals surface area contributed by atoms with Gasteiger partial charge in [-0.3, -0.25) is 4.79 Å². The molecule has 25 heavy (non-hydrogen) atoms. The standard InChI is InChI=1S/C19H25ClN4O/c1-11(2)6-7-21-18(25)16-10-14(5)22-19(23-16)24-17-13(4)8-12(3)9-15(17)20/h8-11H,6-7H2,1-5H3,(H,21,25)(H,22,23,24). The Labute approximate surface area is 154 Å². The molecule has 0 saturated carbocycles. The highest BCUT2D eigenvalue weighted by molar-refractivity contribution is 6.33. The van der Waals surface area contributed by atoms with Crippen molar-refractivity contribution in [3.63, 3.8) is 0 Å². The normalized spacial score (nSPS) is 10.8. The number of hydrogen-bond donors (Lipinski definition) is 2. The third kappa shape index (κ3) is 5.43. The molecule has 0 bridgehead atoms. The SMILES string of the molecule is Cc1cc(C)c(Nc2nc(C)cc(C(=O)NCCC(C)C)n2)c(Cl)c1. The number of aromatic nitrogens is 2. The molecule has 0 radical (unpaired) electrons. The van der Waals surface area contributed by atoms with Crippen LogP contribution in [-0.4, -0.2) is 22.4 Å². The number of nitrogens with zero attached hydrogens (tertiary/aromatic N) is 2. The Balaban J connectivity index is 2.20. The first-order valence-corrected chi connectivity index (χ1v) is 8.81. The average molecular weight is 361 g/mol. The van der Waals surface area contributed by atoms with Gasteiger partial charge in [0.25, 0.3) is 5.91 Å². The van der Waals surface area contributed by atoms with Gasteiger partial charge in [-0.05, 0) is 56.4 Å². The number of carbonyl (C=O) groups is 1. The first kappa shape index (κ1) is 19.2. The second kappa shape index (κ2) is 8.30. The van der Waals surface area contributed by atoms with E-state index in [1.54, 1.807) is 6.07 Å². The third-order valence-electron chi connectivity index (χ3n) is 3.76. The molecule has 6 heteroatoms. The van der Waals surface area contributed by atoms with Crippen molar-refractivity contribution in [2.24, 2.45) is 5.92 Å². The van der Waals surface area contributed by atoms with Gasteiger partial charge in [0.2, 0.25) is 5.95 Å². The zero-order valence-corrected chi connectivity index (χ0v) is 16.2. The van der Waals surface area contributed by atoms with Crippen molar-refractivity contribution in [1.29, 1.82) is 0 Å². The summed E-state index contributed by atoms with van der Waals surface area (Å²) in [6, 6.07) is 5.59. The Hall–Kier alpha value is -2.14. The van der Waals surface area contributed by atoms with Crippen molar-refractivity contribution in [1.82, 2.24) is 15.3 Å². The Bertz CT molecular complexity index is 751. The highest BCUT2D eigenvalue weighted by atomic mass is 35.5. The number of carbonyl (C=O) groups excluding carboxylic acids is 1. The number of nitrogens with one attached hydrogen (secondary N) is 2. The van der Waals surface area contributed by atoms with E-state index in [0.717, 1.165) is 23.2 Å². The molecule has 0 atom stereocenters. The van der Waals surface area contributed by atoms with Gasteiger partial charge in [-0.2, -0.15) is 0 Å². The smallest absolute Gasteiger partial charge is 0.270 e. The van der Waals surface area contributed by atoms with Crippen molar-refractivity contribution < 1.29 is 4.79 Å². The molecule has 0 fully saturated rings. The molecule has 1 heterocycles. The van der Waals surface area contributed by atoms with E-state index < -0.39 is 0 Å². The van der Waals surface area contributed by atoms with Crippen LogP contribution in [0.15, 0.2) is 18.2 Å². The number of halogens is 1. The largest absolute Gasteiger partial charge is 0.351 e. The fraction of sp³-hybridized carbons (Fsp3) is 0.421. The molecule has 5 nitrogen and oxygen atoms in total. The first-order chi connectivity index (χ1) is 11.8. The highest BCUT2D eigenvalue weighted by Gasteiger charge is 2.13. The van der Waals surface area contributed by atoms with E-state index in [-0.39, 0.29) is 5.91 Å². The van der Waals surface area contributed by atoms with Crippen LogP contribution in [0.5, 0.6) is 0 Å². The lowest BCUT2D eigenvalue weighted by atomic mass is 10.1. The van der Waals surface area contributed by atoms with Crippen LogP contribution in [0.25, 0.3) is 0 Å². The van der Waals surface area contributed by atoms with Gasteiger partial charge in [0.05, 0.1) is 10.7 Å². The zero-order valence-electron chi connectivity index (χ0n) is 15.4. The van der Waals surface area contributed by atoms with E-state index in [2.05, 4.69) is 34.4 Å². The van der Waals surface area contributed by atoms with Crippen molar-refractivity contribution in [2.45, 2.75) is 41.0 Å². The Kier molecular flexibility index (Phi) is 6.37. The summed E-state index contributed by atoms with van der Waals surface area (Å²) in [4.78, 5) is 21.0. The molecular formula is C19H25ClN4O. The molecule has 1 aromatic heterocycles. The van der Waals surface area contributed by atoms with Gasteiger partial charge in [-0.1, -0.05) is 31.5 Å². The minimum atomic E-state index is -0.194. The molecule has 2 aromatic rings. The molecule has 1 aromatic carbocycles. The van der Waals surface area contributed by atoms with Crippen LogP contribution < -0.4 is 10.6 Å². The van der Waals surface area contributed by atoms with Crippen LogP contribution in [0.4, 0.5) is 11.6 Å². The molecule has 0 saturated heterocycles. The predicted molar refractivity (Wildman–Crippen MR) is 103 cm³/mol. The number of rotatable bonds is 6. The minimum Gasteiger partial charge on any atom is -0.351 e. The number of amides is 1. The second-order valence-corrected chi connectivity index (χ2v) is 7.13. The van der Waals surface area contributed by atoms with Crippen molar-refractivity contribution in [2.75, 3.05) is 11.9 Å². The summed E-state index contributed by atoms with van der Waals surface area (Å²) in [5.41, 5.74) is 3.90. The molecule has 0 aliphatic carbocycles. The molecule has 0 aliphatic rings. The number of benzene rings is 1.